The van der Waals surface area contributed by atoms with Crippen LogP contribution in [0.15, 0.2) is 58.8 Å². The first kappa shape index (κ1) is 17.3. The number of hydrogen-bond donors (Lipinski definition) is 2. The van der Waals surface area contributed by atoms with Crippen LogP contribution in [0.1, 0.15) is 0 Å². The van der Waals surface area contributed by atoms with Crippen LogP contribution in [0, 0.1) is 0 Å². The van der Waals surface area contributed by atoms with Gasteiger partial charge >= 0.3 is 0 Å². The first-order chi connectivity index (χ1) is 12.1. The SMILES string of the molecule is COc1ccc(-c2csc(NC(=O)CSc3ccc(N)cc3)n2)cc1. The number of carbonyl (C=O) groups excluding carboxylic acids is 1. The van der Waals surface area contributed by atoms with Gasteiger partial charge < -0.3 is 15.8 Å². The Morgan fingerprint density at radius 1 is 1.20 bits per heavy atom. The second kappa shape index (κ2) is 8.04. The first-order valence-electron chi connectivity index (χ1n) is 7.52. The molecule has 1 heterocycles. The number of anilines is 2. The lowest BCUT2D eigenvalue weighted by Crippen LogP contribution is -2.13. The highest BCUT2D eigenvalue weighted by molar-refractivity contribution is 8.00. The number of nitrogens with two attached hydrogens (primary N) is 1. The van der Waals surface area contributed by atoms with Crippen molar-refractivity contribution in [1.82, 2.24) is 4.98 Å². The van der Waals surface area contributed by atoms with Gasteiger partial charge in [-0.3, -0.25) is 4.79 Å². The van der Waals surface area contributed by atoms with Gasteiger partial charge in [-0.15, -0.1) is 23.1 Å². The molecular weight excluding hydrogens is 354 g/mol. The number of benzene rings is 2. The van der Waals surface area contributed by atoms with Crippen molar-refractivity contribution in [3.05, 3.63) is 53.9 Å². The maximum absolute atomic E-state index is 12.1. The average molecular weight is 371 g/mol. The molecule has 3 aromatic rings. The van der Waals surface area contributed by atoms with E-state index in [0.29, 0.717) is 16.6 Å². The summed E-state index contributed by atoms with van der Waals surface area (Å²) in [5.74, 6) is 1.03. The number of hydrogen-bond acceptors (Lipinski definition) is 6. The fourth-order valence-corrected chi connectivity index (χ4v) is 3.53. The highest BCUT2D eigenvalue weighted by atomic mass is 32.2. The molecule has 5 nitrogen and oxygen atoms in total. The Kier molecular flexibility index (Phi) is 5.57. The molecule has 0 aliphatic heterocycles. The Balaban J connectivity index is 1.56. The number of methoxy groups -OCH3 is 1. The summed E-state index contributed by atoms with van der Waals surface area (Å²) >= 11 is 2.87. The molecule has 0 spiro atoms. The summed E-state index contributed by atoms with van der Waals surface area (Å²) in [7, 11) is 1.63. The van der Waals surface area contributed by atoms with E-state index in [0.717, 1.165) is 21.9 Å². The number of aromatic nitrogens is 1. The molecule has 0 fully saturated rings. The Bertz CT molecular complexity index is 846. The van der Waals surface area contributed by atoms with Crippen LogP contribution in [-0.2, 0) is 4.79 Å². The third-order valence-corrected chi connectivity index (χ3v) is 5.16. The maximum Gasteiger partial charge on any atom is 0.236 e. The number of rotatable bonds is 6. The highest BCUT2D eigenvalue weighted by Crippen LogP contribution is 2.27. The van der Waals surface area contributed by atoms with Crippen LogP contribution in [0.4, 0.5) is 10.8 Å². The van der Waals surface area contributed by atoms with E-state index < -0.39 is 0 Å². The standard InChI is InChI=1S/C18H17N3O2S2/c1-23-14-6-2-12(3-7-14)16-10-25-18(20-16)21-17(22)11-24-15-8-4-13(19)5-9-15/h2-10H,11,19H2,1H3,(H,20,21,22). The van der Waals surface area contributed by atoms with Gasteiger partial charge in [0.1, 0.15) is 5.75 Å². The van der Waals surface area contributed by atoms with Crippen molar-refractivity contribution in [2.24, 2.45) is 0 Å². The van der Waals surface area contributed by atoms with E-state index in [1.807, 2.05) is 53.9 Å². The van der Waals surface area contributed by atoms with E-state index >= 15 is 0 Å². The van der Waals surface area contributed by atoms with Crippen molar-refractivity contribution in [1.29, 1.82) is 0 Å². The van der Waals surface area contributed by atoms with Crippen molar-refractivity contribution < 1.29 is 9.53 Å². The largest absolute Gasteiger partial charge is 0.497 e. The summed E-state index contributed by atoms with van der Waals surface area (Å²) in [4.78, 5) is 17.5. The Morgan fingerprint density at radius 2 is 1.92 bits per heavy atom. The fourth-order valence-electron chi connectivity index (χ4n) is 2.09. The normalized spacial score (nSPS) is 10.4. The smallest absolute Gasteiger partial charge is 0.236 e. The van der Waals surface area contributed by atoms with Gasteiger partial charge in [0.2, 0.25) is 5.91 Å². The molecule has 1 amide bonds. The number of nitrogens with one attached hydrogen (secondary N) is 1. The lowest BCUT2D eigenvalue weighted by molar-refractivity contribution is -0.113. The predicted molar refractivity (Wildman–Crippen MR) is 104 cm³/mol. The molecule has 0 aliphatic rings. The van der Waals surface area contributed by atoms with Crippen LogP contribution in [-0.4, -0.2) is 23.8 Å². The van der Waals surface area contributed by atoms with Crippen molar-refractivity contribution in [2.45, 2.75) is 4.90 Å². The topological polar surface area (TPSA) is 77.2 Å². The summed E-state index contributed by atoms with van der Waals surface area (Å²) in [6.45, 7) is 0. The number of amides is 1. The lowest BCUT2D eigenvalue weighted by atomic mass is 10.2. The van der Waals surface area contributed by atoms with Crippen LogP contribution in [0.25, 0.3) is 11.3 Å². The summed E-state index contributed by atoms with van der Waals surface area (Å²) < 4.78 is 5.15. The molecule has 0 aliphatic carbocycles. The first-order valence-corrected chi connectivity index (χ1v) is 9.39. The molecule has 2 aromatic carbocycles. The van der Waals surface area contributed by atoms with E-state index in [2.05, 4.69) is 10.3 Å². The number of thiazole rings is 1. The Hall–Kier alpha value is -2.51. The molecule has 0 saturated heterocycles. The molecule has 3 N–H and O–H groups in total. The molecule has 0 bridgehead atoms. The number of ether oxygens (including phenoxy) is 1. The molecule has 3 rings (SSSR count). The van der Waals surface area contributed by atoms with E-state index in [4.69, 9.17) is 10.5 Å². The average Bonchev–Trinajstić information content (AvgIpc) is 3.10. The van der Waals surface area contributed by atoms with E-state index in [9.17, 15) is 4.79 Å². The zero-order valence-corrected chi connectivity index (χ0v) is 15.2. The molecule has 1 aromatic heterocycles. The highest BCUT2D eigenvalue weighted by Gasteiger charge is 2.09. The lowest BCUT2D eigenvalue weighted by Gasteiger charge is -2.03. The van der Waals surface area contributed by atoms with Crippen molar-refractivity contribution >= 4 is 39.8 Å². The zero-order chi connectivity index (χ0) is 17.6. The Labute approximate surface area is 154 Å². The predicted octanol–water partition coefficient (Wildman–Crippen LogP) is 4.13. The molecule has 25 heavy (non-hydrogen) atoms. The van der Waals surface area contributed by atoms with Crippen LogP contribution in [0.2, 0.25) is 0 Å². The molecule has 0 atom stereocenters. The maximum atomic E-state index is 12.1. The van der Waals surface area contributed by atoms with Gasteiger partial charge in [-0.25, -0.2) is 4.98 Å². The number of nitrogens with zero attached hydrogens (tertiary/aromatic N) is 1. The van der Waals surface area contributed by atoms with Gasteiger partial charge in [0, 0.05) is 21.5 Å². The van der Waals surface area contributed by atoms with Crippen LogP contribution >= 0.6 is 23.1 Å². The van der Waals surface area contributed by atoms with E-state index in [1.54, 1.807) is 7.11 Å². The van der Waals surface area contributed by atoms with Gasteiger partial charge in [0.15, 0.2) is 5.13 Å². The number of nitrogen functional groups attached to an aromatic ring is 1. The van der Waals surface area contributed by atoms with Crippen molar-refractivity contribution in [3.63, 3.8) is 0 Å². The van der Waals surface area contributed by atoms with E-state index in [1.165, 1.54) is 23.1 Å². The second-order valence-corrected chi connectivity index (χ2v) is 7.08. The molecule has 0 saturated carbocycles. The minimum Gasteiger partial charge on any atom is -0.497 e. The van der Waals surface area contributed by atoms with Gasteiger partial charge in [0.05, 0.1) is 18.6 Å². The van der Waals surface area contributed by atoms with Crippen LogP contribution in [0.3, 0.4) is 0 Å². The molecular formula is C18H17N3O2S2. The molecule has 7 heteroatoms. The van der Waals surface area contributed by atoms with Crippen molar-refractivity contribution in [2.75, 3.05) is 23.9 Å². The van der Waals surface area contributed by atoms with Gasteiger partial charge in [-0.05, 0) is 48.5 Å². The molecule has 0 unspecified atom stereocenters. The van der Waals surface area contributed by atoms with Crippen molar-refractivity contribution in [3.8, 4) is 17.0 Å². The molecule has 128 valence electrons. The minimum atomic E-state index is -0.0857. The minimum absolute atomic E-state index is 0.0857. The monoisotopic (exact) mass is 371 g/mol. The molecule has 0 radical (unpaired) electrons. The number of carbonyl (C=O) groups is 1. The van der Waals surface area contributed by atoms with Crippen LogP contribution < -0.4 is 15.8 Å². The summed E-state index contributed by atoms with van der Waals surface area (Å²) in [6.07, 6.45) is 0. The quantitative estimate of drug-likeness (QED) is 0.503. The fraction of sp³-hybridized carbons (Fsp3) is 0.111. The third kappa shape index (κ3) is 4.74. The zero-order valence-electron chi connectivity index (χ0n) is 13.6. The van der Waals surface area contributed by atoms with Gasteiger partial charge in [-0.2, -0.15) is 0 Å². The summed E-state index contributed by atoms with van der Waals surface area (Å²) in [5.41, 5.74) is 8.17. The number of thioether (sulfide) groups is 1. The van der Waals surface area contributed by atoms with Gasteiger partial charge in [-0.1, -0.05) is 0 Å². The Morgan fingerprint density at radius 3 is 2.60 bits per heavy atom. The van der Waals surface area contributed by atoms with Gasteiger partial charge in [0.25, 0.3) is 0 Å². The third-order valence-electron chi connectivity index (χ3n) is 3.39. The second-order valence-electron chi connectivity index (χ2n) is 5.17. The van der Waals surface area contributed by atoms with Crippen LogP contribution in [0.5, 0.6) is 5.75 Å². The summed E-state index contributed by atoms with van der Waals surface area (Å²) in [6, 6.07) is 15.1. The summed E-state index contributed by atoms with van der Waals surface area (Å²) in [5, 5.41) is 5.35. The van der Waals surface area contributed by atoms with E-state index in [-0.39, 0.29) is 5.91 Å².